The molecule has 1 heterocycles. The third kappa shape index (κ3) is 6.65. The Kier molecular flexibility index (Phi) is 9.09. The van der Waals surface area contributed by atoms with E-state index in [1.165, 1.54) is 4.90 Å². The molecule has 0 unspecified atom stereocenters. The predicted octanol–water partition coefficient (Wildman–Crippen LogP) is 0.807. The summed E-state index contributed by atoms with van der Waals surface area (Å²) in [5.74, 6) is -1.48. The third-order valence-electron chi connectivity index (χ3n) is 4.89. The van der Waals surface area contributed by atoms with E-state index >= 15 is 0 Å². The summed E-state index contributed by atoms with van der Waals surface area (Å²) >= 11 is 0. The molecule has 8 heteroatoms. The molecule has 1 aliphatic heterocycles. The van der Waals surface area contributed by atoms with Crippen LogP contribution in [0.15, 0.2) is 0 Å². The van der Waals surface area contributed by atoms with Crippen molar-refractivity contribution in [2.75, 3.05) is 39.8 Å². The van der Waals surface area contributed by atoms with Crippen LogP contribution in [0.1, 0.15) is 46.0 Å². The van der Waals surface area contributed by atoms with Crippen LogP contribution in [0.25, 0.3) is 0 Å². The number of hydrogen-bond donors (Lipinski definition) is 1. The van der Waals surface area contributed by atoms with Crippen molar-refractivity contribution in [3.63, 3.8) is 0 Å². The van der Waals surface area contributed by atoms with Gasteiger partial charge in [0.15, 0.2) is 0 Å². The van der Waals surface area contributed by atoms with Gasteiger partial charge in [-0.3, -0.25) is 19.2 Å². The first-order chi connectivity index (χ1) is 12.3. The molecule has 8 nitrogen and oxygen atoms in total. The van der Waals surface area contributed by atoms with Gasteiger partial charge < -0.3 is 19.8 Å². The summed E-state index contributed by atoms with van der Waals surface area (Å²) in [4.78, 5) is 52.0. The fourth-order valence-corrected chi connectivity index (χ4v) is 3.08. The first-order valence-corrected chi connectivity index (χ1v) is 9.32. The molecular weight excluding hydrogens is 338 g/mol. The number of likely N-dealkylation sites (N-methyl/N-ethyl adjacent to an activating group) is 1. The van der Waals surface area contributed by atoms with Crippen molar-refractivity contribution in [1.29, 1.82) is 0 Å². The molecule has 0 aromatic carbocycles. The lowest BCUT2D eigenvalue weighted by Gasteiger charge is -2.31. The van der Waals surface area contributed by atoms with E-state index in [1.807, 2.05) is 13.8 Å². The smallest absolute Gasteiger partial charge is 0.306 e. The Bertz CT molecular complexity index is 511. The van der Waals surface area contributed by atoms with Crippen molar-refractivity contribution in [3.05, 3.63) is 0 Å². The van der Waals surface area contributed by atoms with Crippen molar-refractivity contribution in [2.24, 2.45) is 5.92 Å². The number of carboxylic acid groups (broad SMARTS) is 1. The lowest BCUT2D eigenvalue weighted by atomic mass is 9.97. The van der Waals surface area contributed by atoms with E-state index in [2.05, 4.69) is 0 Å². The molecule has 0 spiro atoms. The highest BCUT2D eigenvalue weighted by Crippen LogP contribution is 2.17. The molecule has 0 aliphatic carbocycles. The van der Waals surface area contributed by atoms with Crippen LogP contribution in [0.2, 0.25) is 0 Å². The van der Waals surface area contributed by atoms with Crippen molar-refractivity contribution in [2.45, 2.75) is 46.0 Å². The number of likely N-dealkylation sites (tertiary alicyclic amines) is 1. The number of carboxylic acids is 1. The summed E-state index contributed by atoms with van der Waals surface area (Å²) in [6, 6.07) is 0. The Hall–Kier alpha value is -2.12. The number of rotatable bonds is 9. The molecule has 1 fully saturated rings. The fraction of sp³-hybridized carbons (Fsp3) is 0.778. The van der Waals surface area contributed by atoms with Crippen LogP contribution >= 0.6 is 0 Å². The van der Waals surface area contributed by atoms with Crippen LogP contribution in [-0.4, -0.2) is 83.3 Å². The molecule has 0 aromatic heterocycles. The van der Waals surface area contributed by atoms with Gasteiger partial charge in [-0.2, -0.15) is 0 Å². The number of hydrogen-bond acceptors (Lipinski definition) is 4. The average molecular weight is 369 g/mol. The second kappa shape index (κ2) is 10.8. The lowest BCUT2D eigenvalue weighted by molar-refractivity contribution is -0.146. The van der Waals surface area contributed by atoms with Gasteiger partial charge in [0.2, 0.25) is 17.7 Å². The Balaban J connectivity index is 2.32. The predicted molar refractivity (Wildman–Crippen MR) is 96.4 cm³/mol. The molecule has 1 N–H and O–H groups in total. The minimum absolute atomic E-state index is 0.0133. The molecule has 0 bridgehead atoms. The summed E-state index contributed by atoms with van der Waals surface area (Å²) in [5.41, 5.74) is 0. The zero-order valence-electron chi connectivity index (χ0n) is 16.1. The van der Waals surface area contributed by atoms with Gasteiger partial charge in [0, 0.05) is 46.1 Å². The maximum absolute atomic E-state index is 12.3. The minimum atomic E-state index is -0.816. The number of carbonyl (C=O) groups is 4. The van der Waals surface area contributed by atoms with E-state index in [-0.39, 0.29) is 36.6 Å². The van der Waals surface area contributed by atoms with Gasteiger partial charge in [0.25, 0.3) is 0 Å². The minimum Gasteiger partial charge on any atom is -0.481 e. The van der Waals surface area contributed by atoms with E-state index in [0.717, 1.165) is 0 Å². The van der Waals surface area contributed by atoms with Crippen LogP contribution in [0, 0.1) is 5.92 Å². The molecule has 3 amide bonds. The second-order valence-corrected chi connectivity index (χ2v) is 6.66. The van der Waals surface area contributed by atoms with Crippen LogP contribution in [0.4, 0.5) is 0 Å². The maximum Gasteiger partial charge on any atom is 0.306 e. The molecule has 1 rings (SSSR count). The van der Waals surface area contributed by atoms with E-state index in [0.29, 0.717) is 51.9 Å². The van der Waals surface area contributed by atoms with Crippen molar-refractivity contribution >= 4 is 23.7 Å². The van der Waals surface area contributed by atoms with Crippen molar-refractivity contribution in [3.8, 4) is 0 Å². The van der Waals surface area contributed by atoms with Crippen LogP contribution in [0.5, 0.6) is 0 Å². The quantitative estimate of drug-likeness (QED) is 0.648. The van der Waals surface area contributed by atoms with Crippen LogP contribution < -0.4 is 0 Å². The number of nitrogens with zero attached hydrogens (tertiary/aromatic N) is 3. The molecule has 0 aromatic rings. The highest BCUT2D eigenvalue weighted by molar-refractivity contribution is 5.85. The van der Waals surface area contributed by atoms with Gasteiger partial charge in [-0.25, -0.2) is 0 Å². The Labute approximate surface area is 155 Å². The number of amides is 3. The standard InChI is InChI=1S/C18H31N3O5/c1-4-20(5-2)16(23)8-6-7-15(22)19(3)13-17(24)21-11-9-14(10-12-21)18(25)26/h14H,4-13H2,1-3H3,(H,25,26). The SMILES string of the molecule is CCN(CC)C(=O)CCCC(=O)N(C)CC(=O)N1CCC(C(=O)O)CC1. The summed E-state index contributed by atoms with van der Waals surface area (Å²) < 4.78 is 0. The average Bonchev–Trinajstić information content (AvgIpc) is 2.62. The van der Waals surface area contributed by atoms with E-state index in [4.69, 9.17) is 5.11 Å². The Morgan fingerprint density at radius 3 is 2.04 bits per heavy atom. The van der Waals surface area contributed by atoms with E-state index in [1.54, 1.807) is 16.8 Å². The van der Waals surface area contributed by atoms with Crippen molar-refractivity contribution in [1.82, 2.24) is 14.7 Å². The van der Waals surface area contributed by atoms with Gasteiger partial charge in [0.1, 0.15) is 0 Å². The Morgan fingerprint density at radius 2 is 1.54 bits per heavy atom. The van der Waals surface area contributed by atoms with Gasteiger partial charge in [-0.15, -0.1) is 0 Å². The highest BCUT2D eigenvalue weighted by atomic mass is 16.4. The molecule has 148 valence electrons. The van der Waals surface area contributed by atoms with Crippen molar-refractivity contribution < 1.29 is 24.3 Å². The third-order valence-corrected chi connectivity index (χ3v) is 4.89. The molecule has 0 saturated carbocycles. The monoisotopic (exact) mass is 369 g/mol. The summed E-state index contributed by atoms with van der Waals surface area (Å²) in [5, 5.41) is 8.99. The summed E-state index contributed by atoms with van der Waals surface area (Å²) in [6.07, 6.45) is 1.94. The molecule has 0 atom stereocenters. The van der Waals surface area contributed by atoms with Gasteiger partial charge in [-0.1, -0.05) is 0 Å². The normalized spacial score (nSPS) is 14.8. The molecule has 1 saturated heterocycles. The highest BCUT2D eigenvalue weighted by Gasteiger charge is 2.27. The summed E-state index contributed by atoms with van der Waals surface area (Å²) in [7, 11) is 1.58. The zero-order valence-corrected chi connectivity index (χ0v) is 16.1. The lowest BCUT2D eigenvalue weighted by Crippen LogP contribution is -2.45. The maximum atomic E-state index is 12.3. The van der Waals surface area contributed by atoms with E-state index < -0.39 is 5.97 Å². The number of carbonyl (C=O) groups excluding carboxylic acids is 3. The Morgan fingerprint density at radius 1 is 1.00 bits per heavy atom. The molecule has 0 radical (unpaired) electrons. The topological polar surface area (TPSA) is 98.2 Å². The summed E-state index contributed by atoms with van der Waals surface area (Å²) in [6.45, 7) is 5.98. The van der Waals surface area contributed by atoms with Crippen LogP contribution in [-0.2, 0) is 19.2 Å². The number of aliphatic carboxylic acids is 1. The number of piperidine rings is 1. The molecule has 26 heavy (non-hydrogen) atoms. The van der Waals surface area contributed by atoms with Crippen LogP contribution in [0.3, 0.4) is 0 Å². The van der Waals surface area contributed by atoms with Gasteiger partial charge in [-0.05, 0) is 33.1 Å². The van der Waals surface area contributed by atoms with E-state index in [9.17, 15) is 19.2 Å². The largest absolute Gasteiger partial charge is 0.481 e. The fourth-order valence-electron chi connectivity index (χ4n) is 3.08. The zero-order chi connectivity index (χ0) is 19.7. The molecule has 1 aliphatic rings. The second-order valence-electron chi connectivity index (χ2n) is 6.66. The van der Waals surface area contributed by atoms with Gasteiger partial charge >= 0.3 is 5.97 Å². The molecular formula is C18H31N3O5. The van der Waals surface area contributed by atoms with Gasteiger partial charge in [0.05, 0.1) is 12.5 Å². The first-order valence-electron chi connectivity index (χ1n) is 9.32. The first kappa shape index (κ1) is 21.9.